The molecular formula is C19H19N3O2. The molecule has 0 bridgehead atoms. The first-order valence-electron chi connectivity index (χ1n) is 8.28. The maximum absolute atomic E-state index is 13.2. The number of unbranched alkanes of at least 4 members (excludes halogenated alkanes) is 1. The summed E-state index contributed by atoms with van der Waals surface area (Å²) in [5.41, 5.74) is 1.69. The molecule has 0 aromatic heterocycles. The van der Waals surface area contributed by atoms with Gasteiger partial charge in [0.05, 0.1) is 11.3 Å². The van der Waals surface area contributed by atoms with Crippen molar-refractivity contribution in [3.8, 4) is 0 Å². The molecule has 2 N–H and O–H groups in total. The maximum atomic E-state index is 13.2. The van der Waals surface area contributed by atoms with E-state index in [1.807, 2.05) is 42.5 Å². The molecule has 0 radical (unpaired) electrons. The molecular weight excluding hydrogens is 302 g/mol. The quantitative estimate of drug-likeness (QED) is 0.914. The first-order chi connectivity index (χ1) is 11.7. The van der Waals surface area contributed by atoms with Gasteiger partial charge in [-0.2, -0.15) is 0 Å². The van der Waals surface area contributed by atoms with Gasteiger partial charge in [-0.05, 0) is 24.6 Å². The van der Waals surface area contributed by atoms with Crippen LogP contribution in [0.25, 0.3) is 0 Å². The Labute approximate surface area is 140 Å². The van der Waals surface area contributed by atoms with Crippen LogP contribution in [0.3, 0.4) is 0 Å². The normalized spacial score (nSPS) is 21.3. The Morgan fingerprint density at radius 1 is 1.00 bits per heavy atom. The van der Waals surface area contributed by atoms with Gasteiger partial charge in [0.1, 0.15) is 0 Å². The molecule has 2 aromatic rings. The average Bonchev–Trinajstić information content (AvgIpc) is 2.82. The van der Waals surface area contributed by atoms with Crippen molar-refractivity contribution in [1.82, 2.24) is 5.32 Å². The molecule has 2 amide bonds. The van der Waals surface area contributed by atoms with E-state index < -0.39 is 5.66 Å². The number of nitrogens with one attached hydrogen (secondary N) is 2. The largest absolute Gasteiger partial charge is 0.350 e. The average molecular weight is 321 g/mol. The van der Waals surface area contributed by atoms with Crippen molar-refractivity contribution in [3.63, 3.8) is 0 Å². The highest BCUT2D eigenvalue weighted by Crippen LogP contribution is 2.43. The van der Waals surface area contributed by atoms with Gasteiger partial charge in [0, 0.05) is 17.8 Å². The van der Waals surface area contributed by atoms with Gasteiger partial charge in [-0.15, -0.1) is 0 Å². The monoisotopic (exact) mass is 321 g/mol. The molecule has 0 saturated heterocycles. The predicted molar refractivity (Wildman–Crippen MR) is 92.9 cm³/mol. The number of fused-ring (bicyclic) bond motifs is 3. The van der Waals surface area contributed by atoms with Crippen molar-refractivity contribution < 1.29 is 9.59 Å². The summed E-state index contributed by atoms with van der Waals surface area (Å²) < 4.78 is 0. The third-order valence-corrected chi connectivity index (χ3v) is 4.69. The minimum absolute atomic E-state index is 0.125. The van der Waals surface area contributed by atoms with E-state index >= 15 is 0 Å². The number of anilines is 2. The molecule has 5 heteroatoms. The zero-order valence-electron chi connectivity index (χ0n) is 13.5. The van der Waals surface area contributed by atoms with Gasteiger partial charge < -0.3 is 15.5 Å². The van der Waals surface area contributed by atoms with E-state index in [9.17, 15) is 9.59 Å². The van der Waals surface area contributed by atoms with Crippen molar-refractivity contribution >= 4 is 23.2 Å². The number of para-hydroxylation sites is 2. The van der Waals surface area contributed by atoms with Crippen molar-refractivity contribution in [3.05, 3.63) is 59.7 Å². The number of hydrogen-bond donors (Lipinski definition) is 2. The zero-order chi connectivity index (χ0) is 16.7. The van der Waals surface area contributed by atoms with Crippen LogP contribution in [0.1, 0.15) is 35.7 Å². The predicted octanol–water partition coefficient (Wildman–Crippen LogP) is 2.84. The van der Waals surface area contributed by atoms with Crippen LogP contribution >= 0.6 is 0 Å². The zero-order valence-corrected chi connectivity index (χ0v) is 13.5. The van der Waals surface area contributed by atoms with E-state index in [4.69, 9.17) is 0 Å². The van der Waals surface area contributed by atoms with Crippen LogP contribution < -0.4 is 15.5 Å². The van der Waals surface area contributed by atoms with Gasteiger partial charge in [-0.1, -0.05) is 43.7 Å². The summed E-state index contributed by atoms with van der Waals surface area (Å²) >= 11 is 0. The van der Waals surface area contributed by atoms with Crippen molar-refractivity contribution in [2.45, 2.75) is 25.4 Å². The van der Waals surface area contributed by atoms with Crippen LogP contribution in [0.5, 0.6) is 0 Å². The lowest BCUT2D eigenvalue weighted by Crippen LogP contribution is -2.60. The first-order valence-corrected chi connectivity index (χ1v) is 8.28. The number of carbonyl (C=O) groups is 2. The molecule has 24 heavy (non-hydrogen) atoms. The fourth-order valence-corrected chi connectivity index (χ4v) is 3.49. The molecule has 2 heterocycles. The Bertz CT molecular complexity index is 833. The van der Waals surface area contributed by atoms with Gasteiger partial charge >= 0.3 is 0 Å². The molecule has 2 aromatic carbocycles. The third kappa shape index (κ3) is 1.94. The molecule has 0 saturated carbocycles. The Morgan fingerprint density at radius 2 is 1.75 bits per heavy atom. The van der Waals surface area contributed by atoms with E-state index in [0.717, 1.165) is 24.1 Å². The van der Waals surface area contributed by atoms with Gasteiger partial charge in [0.2, 0.25) is 5.66 Å². The molecule has 0 fully saturated rings. The van der Waals surface area contributed by atoms with E-state index in [-0.39, 0.29) is 11.8 Å². The highest BCUT2D eigenvalue weighted by atomic mass is 16.2. The second-order valence-electron chi connectivity index (χ2n) is 6.20. The molecule has 1 atom stereocenters. The van der Waals surface area contributed by atoms with Crippen molar-refractivity contribution in [2.75, 3.05) is 16.8 Å². The molecule has 1 spiro atoms. The third-order valence-electron chi connectivity index (χ3n) is 4.69. The fourth-order valence-electron chi connectivity index (χ4n) is 3.49. The SMILES string of the molecule is CCCCN1C(=O)[C@]2(NC(=O)c3ccccc3N2)c2ccccc21. The summed E-state index contributed by atoms with van der Waals surface area (Å²) in [6, 6.07) is 14.9. The van der Waals surface area contributed by atoms with Crippen LogP contribution in [0, 0.1) is 0 Å². The molecule has 0 unspecified atom stereocenters. The molecule has 2 aliphatic heterocycles. The van der Waals surface area contributed by atoms with Crippen molar-refractivity contribution in [2.24, 2.45) is 0 Å². The van der Waals surface area contributed by atoms with Crippen LogP contribution in [-0.4, -0.2) is 18.4 Å². The maximum Gasteiger partial charge on any atom is 0.278 e. The Morgan fingerprint density at radius 3 is 2.58 bits per heavy atom. The van der Waals surface area contributed by atoms with Crippen LogP contribution in [0.4, 0.5) is 11.4 Å². The second kappa shape index (κ2) is 5.37. The molecule has 4 rings (SSSR count). The molecule has 2 aliphatic rings. The summed E-state index contributed by atoms with van der Waals surface area (Å²) in [6.07, 6.45) is 1.92. The summed E-state index contributed by atoms with van der Waals surface area (Å²) in [5, 5.41) is 6.21. The number of amides is 2. The summed E-state index contributed by atoms with van der Waals surface area (Å²) in [6.45, 7) is 2.74. The minimum Gasteiger partial charge on any atom is -0.350 e. The Hall–Kier alpha value is -2.82. The fraction of sp³-hybridized carbons (Fsp3) is 0.263. The first kappa shape index (κ1) is 14.8. The van der Waals surface area contributed by atoms with Gasteiger partial charge in [-0.25, -0.2) is 0 Å². The van der Waals surface area contributed by atoms with Crippen molar-refractivity contribution in [1.29, 1.82) is 0 Å². The molecule has 5 nitrogen and oxygen atoms in total. The molecule has 0 aliphatic carbocycles. The Balaban J connectivity index is 1.84. The highest BCUT2D eigenvalue weighted by Gasteiger charge is 2.54. The van der Waals surface area contributed by atoms with Crippen LogP contribution in [0.2, 0.25) is 0 Å². The second-order valence-corrected chi connectivity index (χ2v) is 6.20. The minimum atomic E-state index is -1.21. The van der Waals surface area contributed by atoms with Gasteiger partial charge in [0.15, 0.2) is 0 Å². The van der Waals surface area contributed by atoms with E-state index in [1.165, 1.54) is 0 Å². The number of benzene rings is 2. The smallest absolute Gasteiger partial charge is 0.278 e. The summed E-state index contributed by atoms with van der Waals surface area (Å²) in [4.78, 5) is 27.6. The van der Waals surface area contributed by atoms with E-state index in [1.54, 1.807) is 11.0 Å². The van der Waals surface area contributed by atoms with E-state index in [0.29, 0.717) is 17.8 Å². The number of rotatable bonds is 3. The lowest BCUT2D eigenvalue weighted by molar-refractivity contribution is -0.123. The number of nitrogens with zero attached hydrogens (tertiary/aromatic N) is 1. The van der Waals surface area contributed by atoms with Gasteiger partial charge in [0.25, 0.3) is 11.8 Å². The van der Waals surface area contributed by atoms with E-state index in [2.05, 4.69) is 17.6 Å². The summed E-state index contributed by atoms with van der Waals surface area (Å²) in [7, 11) is 0. The highest BCUT2D eigenvalue weighted by molar-refractivity contribution is 6.15. The van der Waals surface area contributed by atoms with Crippen LogP contribution in [-0.2, 0) is 10.5 Å². The number of carbonyl (C=O) groups excluding carboxylic acids is 2. The topological polar surface area (TPSA) is 61.4 Å². The lowest BCUT2D eigenvalue weighted by atomic mass is 9.96. The lowest BCUT2D eigenvalue weighted by Gasteiger charge is -2.36. The number of hydrogen-bond acceptors (Lipinski definition) is 3. The van der Waals surface area contributed by atoms with Gasteiger partial charge in [-0.3, -0.25) is 9.59 Å². The Kier molecular flexibility index (Phi) is 3.30. The van der Waals surface area contributed by atoms with Crippen LogP contribution in [0.15, 0.2) is 48.5 Å². The summed E-state index contributed by atoms with van der Waals surface area (Å²) in [5.74, 6) is -0.357. The standard InChI is InChI=1S/C19H19N3O2/c1-2-3-12-22-16-11-7-5-9-14(16)19(18(22)24)20-15-10-6-4-8-13(15)17(23)21-19/h4-11,20H,2-3,12H2,1H3,(H,21,23)/t19-/m1/s1. The molecule has 122 valence electrons.